The Balaban J connectivity index is 1.66. The number of thiocarbonyl (C=S) groups is 1. The number of ether oxygens (including phenoxy) is 2. The number of hydrogen-bond acceptors (Lipinski definition) is 4. The molecular formula is C20H17F3N2O3S. The average Bonchev–Trinajstić information content (AvgIpc) is 3.06. The number of rotatable bonds is 4. The second kappa shape index (κ2) is 8.12. The van der Waals surface area contributed by atoms with E-state index in [2.05, 4.69) is 10.6 Å². The van der Waals surface area contributed by atoms with Crippen LogP contribution in [0.3, 0.4) is 0 Å². The van der Waals surface area contributed by atoms with Gasteiger partial charge in [-0.2, -0.15) is 13.2 Å². The fraction of sp³-hybridized carbons (Fsp3) is 0.200. The average molecular weight is 422 g/mol. The van der Waals surface area contributed by atoms with Crippen LogP contribution >= 0.6 is 12.2 Å². The van der Waals surface area contributed by atoms with E-state index in [-0.39, 0.29) is 10.9 Å². The van der Waals surface area contributed by atoms with E-state index >= 15 is 0 Å². The van der Waals surface area contributed by atoms with Gasteiger partial charge in [-0.1, -0.05) is 24.3 Å². The summed E-state index contributed by atoms with van der Waals surface area (Å²) in [5.41, 5.74) is -2.55. The second-order valence-corrected chi connectivity index (χ2v) is 6.71. The summed E-state index contributed by atoms with van der Waals surface area (Å²) in [6.07, 6.45) is -4.30. The topological polar surface area (TPSA) is 59.6 Å². The van der Waals surface area contributed by atoms with Crippen molar-refractivity contribution in [3.05, 3.63) is 66.4 Å². The van der Waals surface area contributed by atoms with Crippen LogP contribution in [0.1, 0.15) is 13.3 Å². The van der Waals surface area contributed by atoms with Crippen molar-refractivity contribution in [1.29, 1.82) is 0 Å². The molecule has 3 rings (SSSR count). The fourth-order valence-electron chi connectivity index (χ4n) is 2.72. The highest BCUT2D eigenvalue weighted by Gasteiger charge is 2.64. The molecule has 152 valence electrons. The molecule has 1 aliphatic heterocycles. The Morgan fingerprint density at radius 2 is 1.83 bits per heavy atom. The van der Waals surface area contributed by atoms with Crippen LogP contribution in [-0.4, -0.2) is 22.8 Å². The lowest BCUT2D eigenvalue weighted by Gasteiger charge is -2.30. The minimum absolute atomic E-state index is 0.0297. The van der Waals surface area contributed by atoms with Crippen molar-refractivity contribution in [2.75, 3.05) is 5.32 Å². The molecule has 1 atom stereocenters. The van der Waals surface area contributed by atoms with Gasteiger partial charge in [-0.05, 0) is 49.5 Å². The van der Waals surface area contributed by atoms with E-state index in [0.29, 0.717) is 17.2 Å². The van der Waals surface area contributed by atoms with Crippen LogP contribution in [0.15, 0.2) is 66.4 Å². The highest BCUT2D eigenvalue weighted by molar-refractivity contribution is 7.80. The van der Waals surface area contributed by atoms with Gasteiger partial charge in [0.1, 0.15) is 11.5 Å². The number of allylic oxidation sites excluding steroid dienone is 1. The molecule has 2 aromatic rings. The Morgan fingerprint density at radius 3 is 2.45 bits per heavy atom. The Hall–Kier alpha value is -3.07. The van der Waals surface area contributed by atoms with Crippen LogP contribution in [0.2, 0.25) is 0 Å². The van der Waals surface area contributed by atoms with Gasteiger partial charge in [0.2, 0.25) is 0 Å². The maximum Gasteiger partial charge on any atom is 0.437 e. The molecule has 0 aliphatic carbocycles. The van der Waals surface area contributed by atoms with Crippen LogP contribution in [0.5, 0.6) is 11.5 Å². The molecule has 1 unspecified atom stereocenters. The third-order valence-electron chi connectivity index (χ3n) is 4.13. The van der Waals surface area contributed by atoms with Gasteiger partial charge in [0, 0.05) is 18.2 Å². The van der Waals surface area contributed by atoms with Gasteiger partial charge >= 0.3 is 6.18 Å². The number of hydrogen-bond donors (Lipinski definition) is 2. The number of nitrogens with one attached hydrogen (secondary N) is 2. The van der Waals surface area contributed by atoms with Crippen molar-refractivity contribution >= 4 is 28.9 Å². The predicted octanol–water partition coefficient (Wildman–Crippen LogP) is 4.92. The number of anilines is 1. The third kappa shape index (κ3) is 4.68. The zero-order valence-corrected chi connectivity index (χ0v) is 16.1. The molecule has 2 aromatic carbocycles. The molecule has 0 fully saturated rings. The smallest absolute Gasteiger partial charge is 0.437 e. The van der Waals surface area contributed by atoms with E-state index in [1.165, 1.54) is 13.0 Å². The van der Waals surface area contributed by atoms with Gasteiger partial charge in [0.15, 0.2) is 5.11 Å². The van der Waals surface area contributed by atoms with E-state index < -0.39 is 24.1 Å². The van der Waals surface area contributed by atoms with Crippen LogP contribution < -0.4 is 15.4 Å². The number of para-hydroxylation sites is 1. The lowest BCUT2D eigenvalue weighted by Crippen LogP contribution is -2.58. The summed E-state index contributed by atoms with van der Waals surface area (Å²) in [4.78, 5) is 12.3. The number of halogens is 3. The zero-order valence-electron chi connectivity index (χ0n) is 15.2. The van der Waals surface area contributed by atoms with Crippen molar-refractivity contribution in [2.45, 2.75) is 25.1 Å². The van der Waals surface area contributed by atoms with Gasteiger partial charge in [0.25, 0.3) is 11.5 Å². The molecule has 0 aromatic heterocycles. The molecule has 0 radical (unpaired) electrons. The van der Waals surface area contributed by atoms with Crippen molar-refractivity contribution in [1.82, 2.24) is 5.32 Å². The lowest BCUT2D eigenvalue weighted by atomic mass is 9.99. The molecule has 9 heteroatoms. The highest BCUT2D eigenvalue weighted by atomic mass is 32.1. The summed E-state index contributed by atoms with van der Waals surface area (Å²) < 4.78 is 51.0. The van der Waals surface area contributed by atoms with Crippen molar-refractivity contribution in [2.24, 2.45) is 0 Å². The van der Waals surface area contributed by atoms with E-state index in [4.69, 9.17) is 21.7 Å². The van der Waals surface area contributed by atoms with Crippen molar-refractivity contribution in [3.8, 4) is 11.5 Å². The minimum Gasteiger partial charge on any atom is -0.472 e. The van der Waals surface area contributed by atoms with Gasteiger partial charge < -0.3 is 14.8 Å². The zero-order chi connectivity index (χ0) is 21.1. The largest absolute Gasteiger partial charge is 0.472 e. The summed E-state index contributed by atoms with van der Waals surface area (Å²) in [5.74, 6) is -0.246. The second-order valence-electron chi connectivity index (χ2n) is 6.30. The van der Waals surface area contributed by atoms with Crippen molar-refractivity contribution in [3.63, 3.8) is 0 Å². The van der Waals surface area contributed by atoms with Gasteiger partial charge in [0.05, 0.1) is 5.76 Å². The molecule has 2 N–H and O–H groups in total. The molecular weight excluding hydrogens is 405 g/mol. The Labute approximate surface area is 170 Å². The molecule has 0 saturated carbocycles. The van der Waals surface area contributed by atoms with Crippen LogP contribution in [0.25, 0.3) is 0 Å². The summed E-state index contributed by atoms with van der Waals surface area (Å²) >= 11 is 5.00. The Morgan fingerprint density at radius 1 is 1.14 bits per heavy atom. The predicted molar refractivity (Wildman–Crippen MR) is 106 cm³/mol. The van der Waals surface area contributed by atoms with E-state index in [9.17, 15) is 18.0 Å². The molecule has 0 saturated heterocycles. The van der Waals surface area contributed by atoms with Gasteiger partial charge in [-0.3, -0.25) is 10.1 Å². The van der Waals surface area contributed by atoms with Crippen molar-refractivity contribution < 1.29 is 27.4 Å². The number of alkyl halides is 3. The van der Waals surface area contributed by atoms with E-state index in [1.54, 1.807) is 36.4 Å². The summed E-state index contributed by atoms with van der Waals surface area (Å²) in [5, 5.41) is 4.46. The van der Waals surface area contributed by atoms with E-state index in [1.807, 2.05) is 18.2 Å². The van der Waals surface area contributed by atoms with Gasteiger partial charge in [-0.25, -0.2) is 0 Å². The minimum atomic E-state index is -4.90. The first-order valence-corrected chi connectivity index (χ1v) is 8.98. The van der Waals surface area contributed by atoms with Crippen LogP contribution in [0, 0.1) is 0 Å². The van der Waals surface area contributed by atoms with Crippen LogP contribution in [0.4, 0.5) is 18.9 Å². The summed E-state index contributed by atoms with van der Waals surface area (Å²) in [6.45, 7) is 1.36. The SMILES string of the molecule is CC1=CCC(C(=O)NC(=S)Nc2cccc(Oc3ccccc3)c2)(C(F)(F)F)O1. The molecule has 1 heterocycles. The van der Waals surface area contributed by atoms with E-state index in [0.717, 1.165) is 0 Å². The monoisotopic (exact) mass is 422 g/mol. The highest BCUT2D eigenvalue weighted by Crippen LogP contribution is 2.42. The lowest BCUT2D eigenvalue weighted by molar-refractivity contribution is -0.249. The maximum absolute atomic E-state index is 13.5. The molecule has 1 aliphatic rings. The third-order valence-corrected chi connectivity index (χ3v) is 4.34. The molecule has 29 heavy (non-hydrogen) atoms. The summed E-state index contributed by atoms with van der Waals surface area (Å²) in [6, 6.07) is 15.7. The molecule has 1 amide bonds. The number of carbonyl (C=O) groups is 1. The Bertz CT molecular complexity index is 947. The first kappa shape index (κ1) is 20.7. The first-order valence-electron chi connectivity index (χ1n) is 8.57. The quantitative estimate of drug-likeness (QED) is 0.686. The number of carbonyl (C=O) groups excluding carboxylic acids is 1. The normalized spacial score (nSPS) is 18.4. The molecule has 0 bridgehead atoms. The Kier molecular flexibility index (Phi) is 5.78. The first-order chi connectivity index (χ1) is 13.7. The number of benzene rings is 2. The fourth-order valence-corrected chi connectivity index (χ4v) is 2.93. The molecule has 0 spiro atoms. The number of amides is 1. The maximum atomic E-state index is 13.5. The standard InChI is InChI=1S/C20H17F3N2O3S/c1-13-10-11-19(28-13,20(21,22)23)17(26)25-18(29)24-14-6-5-9-16(12-14)27-15-7-3-2-4-8-15/h2-10,12H,11H2,1H3,(H2,24,25,26,29). The van der Waals surface area contributed by atoms with Gasteiger partial charge in [-0.15, -0.1) is 0 Å². The summed E-state index contributed by atoms with van der Waals surface area (Å²) in [7, 11) is 0. The van der Waals surface area contributed by atoms with Crippen LogP contribution in [-0.2, 0) is 9.53 Å². The molecule has 5 nitrogen and oxygen atoms in total.